The van der Waals surface area contributed by atoms with E-state index in [1.807, 2.05) is 0 Å². The fourth-order valence-electron chi connectivity index (χ4n) is 0. The molecule has 0 aliphatic heterocycles. The number of hydrogen-bond acceptors (Lipinski definition) is 4. The molecule has 0 bridgehead atoms. The first kappa shape index (κ1) is 17.6. The van der Waals surface area contributed by atoms with E-state index in [1.54, 1.807) is 0 Å². The second-order valence-corrected chi connectivity index (χ2v) is 18.1. The van der Waals surface area contributed by atoms with Crippen LogP contribution in [-0.4, -0.2) is 20.6 Å². The zero-order valence-corrected chi connectivity index (χ0v) is 11.2. The Kier molecular flexibility index (Phi) is 27.1. The molecule has 0 aromatic heterocycles. The second kappa shape index (κ2) is 16.9. The molecular weight excluding hydrogens is 505 g/mol. The Balaban J connectivity index is -0.0000000886. The Morgan fingerprint density at radius 1 is 1.09 bits per heavy atom. The Hall–Kier alpha value is 0.590. The smallest absolute Gasteiger partial charge is 0.291 e. The molecule has 11 heteroatoms. The van der Waals surface area contributed by atoms with Gasteiger partial charge in [0.15, 0.2) is 0 Å². The minimum Gasteiger partial charge on any atom is -0.328 e. The first-order valence-corrected chi connectivity index (χ1v) is 15.0. The fraction of sp³-hybridized carbons (Fsp3) is 0. The molecule has 70 valence electrons. The molecule has 0 saturated carbocycles. The van der Waals surface area contributed by atoms with Crippen LogP contribution in [-0.2, 0) is 0 Å². The molecule has 0 amide bonds. The topological polar surface area (TPSA) is 127 Å². The van der Waals surface area contributed by atoms with Crippen molar-refractivity contribution in [1.82, 2.24) is 0 Å². The average Bonchev–Trinajstić information content (AvgIpc) is 1.60. The molecule has 0 unspecified atom stereocenters. The third kappa shape index (κ3) is 2240. The maximum atomic E-state index is 8.36. The van der Waals surface area contributed by atoms with Gasteiger partial charge in [-0.3, -0.25) is 0 Å². The zero-order valence-electron chi connectivity index (χ0n) is 4.59. The van der Waals surface area contributed by atoms with E-state index in [4.69, 9.17) is 30.6 Å². The van der Waals surface area contributed by atoms with E-state index < -0.39 is 10.2 Å². The second-order valence-electron chi connectivity index (χ2n) is 0.534. The maximum Gasteiger partial charge on any atom is 0.291 e. The van der Waals surface area contributed by atoms with E-state index in [-0.39, 0.29) is 0 Å². The molecule has 8 nitrogen and oxygen atoms in total. The van der Waals surface area contributed by atoms with Crippen LogP contribution in [0.25, 0.3) is 0 Å². The molecule has 0 aromatic carbocycles. The van der Waals surface area contributed by atoms with Gasteiger partial charge in [-0.2, -0.15) is 0 Å². The van der Waals surface area contributed by atoms with Crippen molar-refractivity contribution in [3.63, 3.8) is 0 Å². The van der Waals surface area contributed by atoms with Crippen molar-refractivity contribution < 1.29 is 20.6 Å². The Bertz CT molecular complexity index is 84.0. The molecule has 0 radical (unpaired) electrons. The quantitative estimate of drug-likeness (QED) is 0.292. The molecule has 0 aromatic rings. The summed E-state index contributed by atoms with van der Waals surface area (Å²) in [6, 6.07) is 0. The van der Waals surface area contributed by atoms with Gasteiger partial charge in [0, 0.05) is 0 Å². The summed E-state index contributed by atoms with van der Waals surface area (Å²) < 4.78 is 0. The molecule has 0 spiro atoms. The Morgan fingerprint density at radius 2 is 1.09 bits per heavy atom. The summed E-state index contributed by atoms with van der Waals surface area (Å²) in [5, 5.41) is 27.3. The molecule has 0 saturated heterocycles. The predicted octanol–water partition coefficient (Wildman–Crippen LogP) is 1.69. The molecule has 0 atom stereocenters. The summed E-state index contributed by atoms with van der Waals surface area (Å²) in [6.45, 7) is 0. The van der Waals surface area contributed by atoms with E-state index in [1.165, 1.54) is 0 Å². The van der Waals surface area contributed by atoms with Gasteiger partial charge in [-0.15, -0.1) is 20.2 Å². The van der Waals surface area contributed by atoms with Crippen LogP contribution < -0.4 is 0 Å². The standard InChI is InChI=1S/HI3.2HNO3/c1-3-2;2*2-1(3)4/h3H;2*(H,2,3,4). The maximum absolute atomic E-state index is 8.36. The van der Waals surface area contributed by atoms with Gasteiger partial charge in [-0.1, -0.05) is 0 Å². The van der Waals surface area contributed by atoms with Crippen LogP contribution in [0, 0.1) is 20.2 Å². The van der Waals surface area contributed by atoms with Crippen molar-refractivity contribution in [1.29, 1.82) is 0 Å². The minimum absolute atomic E-state index is 0.410. The zero-order chi connectivity index (χ0) is 9.86. The van der Waals surface area contributed by atoms with E-state index >= 15 is 0 Å². The van der Waals surface area contributed by atoms with Crippen LogP contribution in [0.15, 0.2) is 0 Å². The largest absolute Gasteiger partial charge is 0.328 e. The van der Waals surface area contributed by atoms with Crippen molar-refractivity contribution in [2.24, 2.45) is 0 Å². The van der Waals surface area contributed by atoms with E-state index in [9.17, 15) is 0 Å². The number of nitrogens with zero attached hydrogens (tertiary/aromatic N) is 2. The van der Waals surface area contributed by atoms with Gasteiger partial charge in [0.25, 0.3) is 10.2 Å². The van der Waals surface area contributed by atoms with Crippen molar-refractivity contribution in [2.75, 3.05) is 0 Å². The van der Waals surface area contributed by atoms with Gasteiger partial charge in [0.05, 0.1) is 0 Å². The molecular formula is H3I3N2O6. The Morgan fingerprint density at radius 3 is 1.09 bits per heavy atom. The van der Waals surface area contributed by atoms with E-state index in [0.717, 1.165) is 0 Å². The molecule has 2 N–H and O–H groups in total. The Labute approximate surface area is 90.2 Å². The van der Waals surface area contributed by atoms with E-state index in [2.05, 4.69) is 37.2 Å². The van der Waals surface area contributed by atoms with Crippen LogP contribution in [0.4, 0.5) is 0 Å². The summed E-state index contributed by atoms with van der Waals surface area (Å²) in [5.41, 5.74) is 0. The summed E-state index contributed by atoms with van der Waals surface area (Å²) in [5.74, 6) is 0. The normalized spacial score (nSPS) is 6.36. The monoisotopic (exact) mass is 508 g/mol. The van der Waals surface area contributed by atoms with Crippen LogP contribution in [0.3, 0.4) is 0 Å². The van der Waals surface area contributed by atoms with Crippen LogP contribution in [0.2, 0.25) is 0 Å². The van der Waals surface area contributed by atoms with Crippen molar-refractivity contribution in [3.05, 3.63) is 20.2 Å². The fourth-order valence-corrected chi connectivity index (χ4v) is 0. The summed E-state index contributed by atoms with van der Waals surface area (Å²) in [7, 11) is 0. The first-order valence-electron chi connectivity index (χ1n) is 1.44. The van der Waals surface area contributed by atoms with Crippen LogP contribution >= 0.6 is 50.5 Å². The third-order valence-electron chi connectivity index (χ3n) is 0. The third-order valence-corrected chi connectivity index (χ3v) is 0. The van der Waals surface area contributed by atoms with Crippen molar-refractivity contribution in [2.45, 2.75) is 0 Å². The molecule has 0 heterocycles. The van der Waals surface area contributed by atoms with Gasteiger partial charge in [0.1, 0.15) is 0 Å². The van der Waals surface area contributed by atoms with Crippen molar-refractivity contribution >= 4 is 50.5 Å². The summed E-state index contributed by atoms with van der Waals surface area (Å²) >= 11 is 5.22. The molecule has 0 aliphatic carbocycles. The van der Waals surface area contributed by atoms with Crippen LogP contribution in [0.1, 0.15) is 0 Å². The summed E-state index contributed by atoms with van der Waals surface area (Å²) in [6.07, 6.45) is 0. The van der Waals surface area contributed by atoms with Gasteiger partial charge in [0.2, 0.25) is 0 Å². The average molecular weight is 508 g/mol. The van der Waals surface area contributed by atoms with Crippen molar-refractivity contribution in [3.8, 4) is 0 Å². The van der Waals surface area contributed by atoms with Gasteiger partial charge >= 0.3 is 50.5 Å². The summed E-state index contributed by atoms with van der Waals surface area (Å²) in [4.78, 5) is 16.7. The van der Waals surface area contributed by atoms with Crippen LogP contribution in [0.5, 0.6) is 0 Å². The first-order chi connectivity index (χ1) is 4.88. The van der Waals surface area contributed by atoms with Gasteiger partial charge < -0.3 is 10.4 Å². The van der Waals surface area contributed by atoms with Gasteiger partial charge in [-0.05, 0) is 0 Å². The SMILES string of the molecule is I[IH]I.O=[N+]([O-])O.O=[N+]([O-])O. The van der Waals surface area contributed by atoms with Gasteiger partial charge in [-0.25, -0.2) is 0 Å². The number of hydrogen-bond donors (Lipinski definition) is 2. The van der Waals surface area contributed by atoms with E-state index in [0.29, 0.717) is 13.3 Å². The molecule has 0 aliphatic rings. The molecule has 11 heavy (non-hydrogen) atoms. The molecule has 0 rings (SSSR count). The minimum atomic E-state index is -1.50. The number of halogens is 3. The predicted molar refractivity (Wildman–Crippen MR) is 61.0 cm³/mol. The number of rotatable bonds is 0. The molecule has 0 fully saturated rings.